The van der Waals surface area contributed by atoms with Crippen LogP contribution in [0.25, 0.3) is 16.3 Å². The zero-order valence-electron chi connectivity index (χ0n) is 20.3. The Labute approximate surface area is 207 Å². The molecule has 0 N–H and O–H groups in total. The summed E-state index contributed by atoms with van der Waals surface area (Å²) in [7, 11) is 6.19. The number of hydrogen-bond donors (Lipinski definition) is 0. The fraction of sp³-hybridized carbons (Fsp3) is 0.320. The number of rotatable bonds is 10. The van der Waals surface area contributed by atoms with Crippen LogP contribution in [0.5, 0.6) is 17.2 Å². The van der Waals surface area contributed by atoms with Gasteiger partial charge in [-0.2, -0.15) is 4.99 Å². The van der Waals surface area contributed by atoms with Gasteiger partial charge >= 0.3 is 5.97 Å². The lowest BCUT2D eigenvalue weighted by Crippen LogP contribution is -2.19. The number of esters is 1. The summed E-state index contributed by atoms with van der Waals surface area (Å²) in [5, 5.41) is 0. The first kappa shape index (κ1) is 26.0. The first-order chi connectivity index (χ1) is 16.9. The maximum Gasteiger partial charge on any atom is 0.338 e. The molecule has 0 saturated heterocycles. The highest BCUT2D eigenvalue weighted by Gasteiger charge is 2.14. The van der Waals surface area contributed by atoms with Crippen molar-refractivity contribution in [2.24, 2.45) is 4.99 Å². The third kappa shape index (κ3) is 6.09. The van der Waals surface area contributed by atoms with Crippen molar-refractivity contribution in [3.63, 3.8) is 0 Å². The molecule has 2 aromatic carbocycles. The van der Waals surface area contributed by atoms with E-state index < -0.39 is 11.9 Å². The Balaban J connectivity index is 1.97. The molecule has 1 amide bonds. The van der Waals surface area contributed by atoms with Crippen LogP contribution in [-0.4, -0.2) is 58.1 Å². The second kappa shape index (κ2) is 12.2. The minimum absolute atomic E-state index is 0.294. The normalized spacial score (nSPS) is 11.7. The second-order valence-electron chi connectivity index (χ2n) is 7.17. The molecule has 0 fully saturated rings. The maximum atomic E-state index is 12.7. The Hall–Kier alpha value is -3.63. The molecular weight excluding hydrogens is 472 g/mol. The highest BCUT2D eigenvalue weighted by Crippen LogP contribution is 2.38. The minimum Gasteiger partial charge on any atom is -0.493 e. The van der Waals surface area contributed by atoms with E-state index in [4.69, 9.17) is 23.7 Å². The molecule has 1 heterocycles. The van der Waals surface area contributed by atoms with Crippen LogP contribution in [0.3, 0.4) is 0 Å². The van der Waals surface area contributed by atoms with E-state index in [0.29, 0.717) is 52.9 Å². The molecule has 0 atom stereocenters. The van der Waals surface area contributed by atoms with Crippen LogP contribution in [0.1, 0.15) is 22.8 Å². The van der Waals surface area contributed by atoms with E-state index in [1.807, 2.05) is 10.6 Å². The Kier molecular flexibility index (Phi) is 9.04. The molecule has 0 spiro atoms. The summed E-state index contributed by atoms with van der Waals surface area (Å²) in [6, 6.07) is 8.74. The number of benzene rings is 2. The van der Waals surface area contributed by atoms with Gasteiger partial charge in [0.15, 0.2) is 16.3 Å². The predicted molar refractivity (Wildman–Crippen MR) is 133 cm³/mol. The predicted octanol–water partition coefficient (Wildman–Crippen LogP) is 3.69. The van der Waals surface area contributed by atoms with E-state index in [1.165, 1.54) is 38.7 Å². The molecule has 35 heavy (non-hydrogen) atoms. The molecule has 0 aliphatic carbocycles. The smallest absolute Gasteiger partial charge is 0.338 e. The molecule has 9 nitrogen and oxygen atoms in total. The second-order valence-corrected chi connectivity index (χ2v) is 8.18. The zero-order chi connectivity index (χ0) is 25.4. The zero-order valence-corrected chi connectivity index (χ0v) is 21.1. The van der Waals surface area contributed by atoms with Crippen LogP contribution in [-0.2, 0) is 20.8 Å². The number of nitrogens with zero attached hydrogens (tertiary/aromatic N) is 2. The fourth-order valence-electron chi connectivity index (χ4n) is 3.40. The average Bonchev–Trinajstić information content (AvgIpc) is 3.21. The van der Waals surface area contributed by atoms with Crippen molar-refractivity contribution >= 4 is 39.5 Å². The number of fused-ring (bicyclic) bond motifs is 1. The summed E-state index contributed by atoms with van der Waals surface area (Å²) in [5.41, 5.74) is 1.98. The molecule has 0 bridgehead atoms. The molecule has 0 aliphatic rings. The Morgan fingerprint density at radius 3 is 2.34 bits per heavy atom. The number of thiazole rings is 1. The number of carbonyl (C=O) groups excluding carboxylic acids is 2. The quantitative estimate of drug-likeness (QED) is 0.309. The third-order valence-electron chi connectivity index (χ3n) is 5.02. The highest BCUT2D eigenvalue weighted by atomic mass is 32.1. The van der Waals surface area contributed by atoms with Gasteiger partial charge < -0.3 is 28.3 Å². The van der Waals surface area contributed by atoms with Crippen molar-refractivity contribution in [3.8, 4) is 17.2 Å². The number of hydrogen-bond acceptors (Lipinski definition) is 8. The van der Waals surface area contributed by atoms with Gasteiger partial charge in [-0.05, 0) is 48.9 Å². The van der Waals surface area contributed by atoms with Crippen LogP contribution in [0.15, 0.2) is 41.4 Å². The number of carbonyl (C=O) groups is 2. The van der Waals surface area contributed by atoms with Crippen molar-refractivity contribution < 1.29 is 33.3 Å². The summed E-state index contributed by atoms with van der Waals surface area (Å²) in [6.07, 6.45) is 3.00. The van der Waals surface area contributed by atoms with E-state index >= 15 is 0 Å². The monoisotopic (exact) mass is 500 g/mol. The van der Waals surface area contributed by atoms with Crippen molar-refractivity contribution in [1.82, 2.24) is 4.57 Å². The molecular formula is C25H28N2O7S. The van der Waals surface area contributed by atoms with Gasteiger partial charge in [0.1, 0.15) is 0 Å². The first-order valence-corrected chi connectivity index (χ1v) is 11.6. The van der Waals surface area contributed by atoms with Crippen molar-refractivity contribution in [2.45, 2.75) is 13.5 Å². The van der Waals surface area contributed by atoms with E-state index in [1.54, 1.807) is 44.4 Å². The van der Waals surface area contributed by atoms with Crippen molar-refractivity contribution in [3.05, 3.63) is 52.3 Å². The van der Waals surface area contributed by atoms with Crippen molar-refractivity contribution in [1.29, 1.82) is 0 Å². The van der Waals surface area contributed by atoms with Gasteiger partial charge in [-0.25, -0.2) is 4.79 Å². The van der Waals surface area contributed by atoms with E-state index in [0.717, 1.165) is 10.2 Å². The van der Waals surface area contributed by atoms with Gasteiger partial charge in [0.2, 0.25) is 5.75 Å². The van der Waals surface area contributed by atoms with Crippen LogP contribution in [0, 0.1) is 0 Å². The molecule has 10 heteroatoms. The lowest BCUT2D eigenvalue weighted by atomic mass is 10.1. The van der Waals surface area contributed by atoms with Gasteiger partial charge in [0.05, 0.1) is 50.3 Å². The molecule has 186 valence electrons. The summed E-state index contributed by atoms with van der Waals surface area (Å²) in [6.45, 7) is 2.99. The topological polar surface area (TPSA) is 97.6 Å². The summed E-state index contributed by atoms with van der Waals surface area (Å²) < 4.78 is 29.1. The Morgan fingerprint density at radius 2 is 1.74 bits per heavy atom. The highest BCUT2D eigenvalue weighted by molar-refractivity contribution is 7.16. The molecule has 0 aliphatic heterocycles. The van der Waals surface area contributed by atoms with E-state index in [-0.39, 0.29) is 0 Å². The third-order valence-corrected chi connectivity index (χ3v) is 6.07. The number of aromatic nitrogens is 1. The van der Waals surface area contributed by atoms with Gasteiger partial charge in [0.25, 0.3) is 5.91 Å². The molecule has 0 unspecified atom stereocenters. The fourth-order valence-corrected chi connectivity index (χ4v) is 4.50. The van der Waals surface area contributed by atoms with Crippen LogP contribution in [0.2, 0.25) is 0 Å². The molecule has 1 aromatic heterocycles. The number of methoxy groups -OCH3 is 4. The van der Waals surface area contributed by atoms with E-state index in [2.05, 4.69) is 4.99 Å². The van der Waals surface area contributed by atoms with Gasteiger partial charge in [-0.15, -0.1) is 0 Å². The summed E-state index contributed by atoms with van der Waals surface area (Å²) in [4.78, 5) is 29.6. The first-order valence-electron chi connectivity index (χ1n) is 10.8. The molecule has 3 rings (SSSR count). The molecule has 3 aromatic rings. The average molecular weight is 501 g/mol. The maximum absolute atomic E-state index is 12.7. The van der Waals surface area contributed by atoms with Gasteiger partial charge in [0, 0.05) is 19.7 Å². The van der Waals surface area contributed by atoms with Crippen LogP contribution >= 0.6 is 11.3 Å². The van der Waals surface area contributed by atoms with Crippen molar-refractivity contribution in [2.75, 3.05) is 41.7 Å². The largest absolute Gasteiger partial charge is 0.493 e. The summed E-state index contributed by atoms with van der Waals surface area (Å²) >= 11 is 1.31. The number of amides is 1. The molecule has 0 radical (unpaired) electrons. The number of ether oxygens (including phenoxy) is 5. The summed E-state index contributed by atoms with van der Waals surface area (Å²) in [5.74, 6) is 0.594. The SMILES string of the molecule is CCOC(=O)c1ccc2c(c1)sc(=NC(=O)/C=C\c1cc(OC)c(OC)c(OC)c1)n2CCOC. The van der Waals surface area contributed by atoms with Gasteiger partial charge in [-0.1, -0.05) is 11.3 Å². The Morgan fingerprint density at radius 1 is 1.03 bits per heavy atom. The van der Waals surface area contributed by atoms with Crippen LogP contribution in [0.4, 0.5) is 0 Å². The molecule has 0 saturated carbocycles. The Bertz CT molecular complexity index is 1280. The minimum atomic E-state index is -0.443. The van der Waals surface area contributed by atoms with E-state index in [9.17, 15) is 9.59 Å². The lowest BCUT2D eigenvalue weighted by molar-refractivity contribution is -0.113. The van der Waals surface area contributed by atoms with Crippen LogP contribution < -0.4 is 19.0 Å². The lowest BCUT2D eigenvalue weighted by Gasteiger charge is -2.12. The standard InChI is InChI=1S/C25H28N2O7S/c1-6-34-24(29)17-8-9-18-21(15-17)35-25(27(18)11-12-30-2)26-22(28)10-7-16-13-19(31-3)23(33-5)20(14-16)32-4/h7-10,13-15H,6,11-12H2,1-5H3/b10-7-,26-25?. The van der Waals surface area contributed by atoms with Gasteiger partial charge in [-0.3, -0.25) is 4.79 Å².